The minimum Gasteiger partial charge on any atom is -0.406 e. The largest absolute Gasteiger partial charge is 0.573 e. The number of carbonyl (C=O) groups is 1. The standard InChI is InChI=1S/C22H25F3N2O4S/c1-3-27(18-8-10-19(11-9-18)31-22(23,24)25)21(28)17-12-14-26(15-13-17)32(29,30)20-7-5-4-6-16(20)2/h4-11,17H,3,12-15H2,1-2H3. The maximum Gasteiger partial charge on any atom is 0.573 e. The number of anilines is 1. The fourth-order valence-corrected chi connectivity index (χ4v) is 5.54. The van der Waals surface area contributed by atoms with Gasteiger partial charge in [-0.1, -0.05) is 18.2 Å². The number of nitrogens with zero attached hydrogens (tertiary/aromatic N) is 2. The number of hydrogen-bond acceptors (Lipinski definition) is 4. The molecule has 1 amide bonds. The van der Waals surface area contributed by atoms with Crippen LogP contribution in [0.1, 0.15) is 25.3 Å². The summed E-state index contributed by atoms with van der Waals surface area (Å²) < 4.78 is 68.3. The van der Waals surface area contributed by atoms with Crippen LogP contribution in [0.2, 0.25) is 0 Å². The van der Waals surface area contributed by atoms with Crippen LogP contribution in [0, 0.1) is 12.8 Å². The maximum atomic E-state index is 13.1. The second-order valence-corrected chi connectivity index (χ2v) is 9.47. The van der Waals surface area contributed by atoms with Crippen LogP contribution in [0.25, 0.3) is 0 Å². The summed E-state index contributed by atoms with van der Waals surface area (Å²) in [6, 6.07) is 11.9. The van der Waals surface area contributed by atoms with Gasteiger partial charge >= 0.3 is 6.36 Å². The topological polar surface area (TPSA) is 66.9 Å². The quantitative estimate of drug-likeness (QED) is 0.630. The molecule has 0 saturated carbocycles. The molecule has 6 nitrogen and oxygen atoms in total. The normalized spacial score (nSPS) is 16.0. The molecular formula is C22H25F3N2O4S. The Kier molecular flexibility index (Phi) is 7.14. The van der Waals surface area contributed by atoms with E-state index in [-0.39, 0.29) is 35.6 Å². The van der Waals surface area contributed by atoms with Crippen molar-refractivity contribution in [2.24, 2.45) is 5.92 Å². The molecule has 2 aromatic rings. The molecule has 0 atom stereocenters. The van der Waals surface area contributed by atoms with Crippen LogP contribution in [0.15, 0.2) is 53.4 Å². The Labute approximate surface area is 185 Å². The minimum absolute atomic E-state index is 0.176. The van der Waals surface area contributed by atoms with Crippen molar-refractivity contribution >= 4 is 21.6 Å². The van der Waals surface area contributed by atoms with Crippen molar-refractivity contribution in [2.75, 3.05) is 24.5 Å². The Morgan fingerprint density at radius 2 is 1.69 bits per heavy atom. The highest BCUT2D eigenvalue weighted by Crippen LogP contribution is 2.29. The molecule has 1 aliphatic rings. The molecule has 174 valence electrons. The van der Waals surface area contributed by atoms with Gasteiger partial charge in [-0.2, -0.15) is 4.31 Å². The molecule has 0 unspecified atom stereocenters. The van der Waals surface area contributed by atoms with E-state index in [9.17, 15) is 26.4 Å². The van der Waals surface area contributed by atoms with Crippen LogP contribution in [0.3, 0.4) is 0 Å². The van der Waals surface area contributed by atoms with Crippen molar-refractivity contribution in [2.45, 2.75) is 37.9 Å². The van der Waals surface area contributed by atoms with Crippen molar-refractivity contribution in [3.8, 4) is 5.75 Å². The maximum absolute atomic E-state index is 13.1. The van der Waals surface area contributed by atoms with Crippen molar-refractivity contribution < 1.29 is 31.1 Å². The summed E-state index contributed by atoms with van der Waals surface area (Å²) in [6.45, 7) is 4.30. The van der Waals surface area contributed by atoms with Gasteiger partial charge in [0.2, 0.25) is 15.9 Å². The van der Waals surface area contributed by atoms with Crippen LogP contribution in [0.5, 0.6) is 5.75 Å². The molecule has 0 aliphatic carbocycles. The van der Waals surface area contributed by atoms with Gasteiger partial charge in [0.15, 0.2) is 0 Å². The summed E-state index contributed by atoms with van der Waals surface area (Å²) >= 11 is 0. The Hall–Kier alpha value is -2.59. The molecule has 2 aromatic carbocycles. The number of rotatable bonds is 6. The van der Waals surface area contributed by atoms with Gasteiger partial charge in [-0.05, 0) is 62.6 Å². The zero-order valence-corrected chi connectivity index (χ0v) is 18.6. The van der Waals surface area contributed by atoms with E-state index in [0.29, 0.717) is 30.6 Å². The minimum atomic E-state index is -4.78. The van der Waals surface area contributed by atoms with Gasteiger partial charge < -0.3 is 9.64 Å². The molecule has 3 rings (SSSR count). The van der Waals surface area contributed by atoms with E-state index in [2.05, 4.69) is 4.74 Å². The van der Waals surface area contributed by atoms with Gasteiger partial charge in [-0.15, -0.1) is 13.2 Å². The third-order valence-corrected chi connectivity index (χ3v) is 7.54. The first kappa shape index (κ1) is 24.1. The van der Waals surface area contributed by atoms with Crippen LogP contribution in [0.4, 0.5) is 18.9 Å². The lowest BCUT2D eigenvalue weighted by atomic mass is 9.96. The highest BCUT2D eigenvalue weighted by molar-refractivity contribution is 7.89. The lowest BCUT2D eigenvalue weighted by molar-refractivity contribution is -0.274. The molecule has 1 saturated heterocycles. The summed E-state index contributed by atoms with van der Waals surface area (Å²) in [7, 11) is -3.64. The van der Waals surface area contributed by atoms with Gasteiger partial charge in [0, 0.05) is 31.2 Å². The Bertz CT molecular complexity index is 1050. The average Bonchev–Trinajstić information content (AvgIpc) is 2.74. The van der Waals surface area contributed by atoms with Crippen molar-refractivity contribution in [1.82, 2.24) is 4.31 Å². The lowest BCUT2D eigenvalue weighted by Crippen LogP contribution is -2.44. The molecule has 0 N–H and O–H groups in total. The third-order valence-electron chi connectivity index (χ3n) is 5.48. The average molecular weight is 471 g/mol. The highest BCUT2D eigenvalue weighted by atomic mass is 32.2. The monoisotopic (exact) mass is 470 g/mol. The molecule has 1 aliphatic heterocycles. The Balaban J connectivity index is 1.67. The van der Waals surface area contributed by atoms with Crippen LogP contribution < -0.4 is 9.64 Å². The first-order valence-electron chi connectivity index (χ1n) is 10.3. The summed E-state index contributed by atoms with van der Waals surface area (Å²) in [5, 5.41) is 0. The number of ether oxygens (including phenoxy) is 1. The second-order valence-electron chi connectivity index (χ2n) is 7.57. The van der Waals surface area contributed by atoms with Crippen LogP contribution in [-0.4, -0.2) is 44.6 Å². The van der Waals surface area contributed by atoms with Crippen molar-refractivity contribution in [3.05, 3.63) is 54.1 Å². The van der Waals surface area contributed by atoms with E-state index < -0.39 is 16.4 Å². The summed E-state index contributed by atoms with van der Waals surface area (Å²) in [4.78, 5) is 14.8. The highest BCUT2D eigenvalue weighted by Gasteiger charge is 2.35. The number of carbonyl (C=O) groups excluding carboxylic acids is 1. The van der Waals surface area contributed by atoms with E-state index >= 15 is 0 Å². The molecule has 1 heterocycles. The van der Waals surface area contributed by atoms with Crippen molar-refractivity contribution in [3.63, 3.8) is 0 Å². The fraction of sp³-hybridized carbons (Fsp3) is 0.409. The fourth-order valence-electron chi connectivity index (χ4n) is 3.84. The number of halogens is 3. The van der Waals surface area contributed by atoms with Gasteiger partial charge in [0.25, 0.3) is 0 Å². The number of sulfonamides is 1. The molecular weight excluding hydrogens is 445 g/mol. The molecule has 0 aromatic heterocycles. The predicted molar refractivity (Wildman–Crippen MR) is 114 cm³/mol. The van der Waals surface area contributed by atoms with Crippen molar-refractivity contribution in [1.29, 1.82) is 0 Å². The van der Waals surface area contributed by atoms with Gasteiger partial charge in [0.1, 0.15) is 5.75 Å². The van der Waals surface area contributed by atoms with Gasteiger partial charge in [-0.3, -0.25) is 4.79 Å². The predicted octanol–water partition coefficient (Wildman–Crippen LogP) is 4.35. The number of piperidine rings is 1. The molecule has 0 spiro atoms. The zero-order chi connectivity index (χ0) is 23.5. The smallest absolute Gasteiger partial charge is 0.406 e. The number of hydrogen-bond donors (Lipinski definition) is 0. The summed E-state index contributed by atoms with van der Waals surface area (Å²) in [5.74, 6) is -0.909. The zero-order valence-electron chi connectivity index (χ0n) is 17.8. The lowest BCUT2D eigenvalue weighted by Gasteiger charge is -2.33. The Morgan fingerprint density at radius 3 is 2.22 bits per heavy atom. The van der Waals surface area contributed by atoms with E-state index in [1.807, 2.05) is 0 Å². The van der Waals surface area contributed by atoms with E-state index in [1.165, 1.54) is 21.3 Å². The Morgan fingerprint density at radius 1 is 1.09 bits per heavy atom. The molecule has 0 bridgehead atoms. The van der Waals surface area contributed by atoms with Gasteiger partial charge in [0.05, 0.1) is 4.90 Å². The summed E-state index contributed by atoms with van der Waals surface area (Å²) in [6.07, 6.45) is -4.04. The van der Waals surface area contributed by atoms with E-state index in [4.69, 9.17) is 0 Å². The molecule has 1 fully saturated rings. The van der Waals surface area contributed by atoms with E-state index in [1.54, 1.807) is 38.1 Å². The first-order valence-corrected chi connectivity index (χ1v) is 11.7. The van der Waals surface area contributed by atoms with Crippen LogP contribution in [-0.2, 0) is 14.8 Å². The molecule has 0 radical (unpaired) electrons. The first-order chi connectivity index (χ1) is 15.0. The number of aryl methyl sites for hydroxylation is 1. The van der Waals surface area contributed by atoms with E-state index in [0.717, 1.165) is 12.1 Å². The number of amides is 1. The number of alkyl halides is 3. The number of benzene rings is 2. The van der Waals surface area contributed by atoms with Gasteiger partial charge in [-0.25, -0.2) is 8.42 Å². The second kappa shape index (κ2) is 9.50. The third kappa shape index (κ3) is 5.42. The molecule has 32 heavy (non-hydrogen) atoms. The van der Waals surface area contributed by atoms with Crippen LogP contribution >= 0.6 is 0 Å². The SMILES string of the molecule is CCN(C(=O)C1CCN(S(=O)(=O)c2ccccc2C)CC1)c1ccc(OC(F)(F)F)cc1. The molecule has 10 heteroatoms. The summed E-state index contributed by atoms with van der Waals surface area (Å²) in [5.41, 5.74) is 1.13.